The quantitative estimate of drug-likeness (QED) is 0.726. The fourth-order valence-corrected chi connectivity index (χ4v) is 4.78. The zero-order valence-electron chi connectivity index (χ0n) is 14.8. The molecule has 0 aliphatic carbocycles. The van der Waals surface area contributed by atoms with Crippen LogP contribution in [-0.2, 0) is 14.8 Å². The Morgan fingerprint density at radius 1 is 1.17 bits per heavy atom. The van der Waals surface area contributed by atoms with Crippen molar-refractivity contribution in [3.05, 3.63) is 29.3 Å². The number of rotatable bonds is 5. The molecule has 1 heterocycles. The van der Waals surface area contributed by atoms with Gasteiger partial charge in [-0.05, 0) is 51.0 Å². The van der Waals surface area contributed by atoms with E-state index >= 15 is 0 Å². The van der Waals surface area contributed by atoms with Gasteiger partial charge < -0.3 is 5.32 Å². The Kier molecular flexibility index (Phi) is 5.64. The Hall–Kier alpha value is -1.48. The highest BCUT2D eigenvalue weighted by molar-refractivity contribution is 7.89. The summed E-state index contributed by atoms with van der Waals surface area (Å²) in [6.45, 7) is 7.35. The number of amides is 1. The van der Waals surface area contributed by atoms with Crippen LogP contribution in [0.5, 0.6) is 0 Å². The maximum atomic E-state index is 12.7. The Morgan fingerprint density at radius 2 is 1.75 bits per heavy atom. The first kappa shape index (κ1) is 18.9. The number of aryl methyl sites for hydroxylation is 2. The standard InChI is InChI=1S/C16H26N4O3S/c1-10-6-7-14(8-11(10)2)17-15(21)9-20(5)24(22,23)16-12(3)18-19-13(16)4/h6-8,12-13,16,18-19H,9H2,1-5H3,(H,17,21). The van der Waals surface area contributed by atoms with E-state index < -0.39 is 15.3 Å². The summed E-state index contributed by atoms with van der Waals surface area (Å²) in [6, 6.07) is 5.15. The molecule has 0 radical (unpaired) electrons. The minimum Gasteiger partial charge on any atom is -0.325 e. The van der Waals surface area contributed by atoms with Gasteiger partial charge in [-0.3, -0.25) is 15.6 Å². The minimum atomic E-state index is -3.59. The van der Waals surface area contributed by atoms with Crippen LogP contribution >= 0.6 is 0 Å². The number of carbonyl (C=O) groups excluding carboxylic acids is 1. The lowest BCUT2D eigenvalue weighted by Gasteiger charge is -2.25. The minimum absolute atomic E-state index is 0.217. The summed E-state index contributed by atoms with van der Waals surface area (Å²) in [5.74, 6) is -0.358. The van der Waals surface area contributed by atoms with Gasteiger partial charge >= 0.3 is 0 Å². The summed E-state index contributed by atoms with van der Waals surface area (Å²) in [5.41, 5.74) is 8.73. The van der Waals surface area contributed by atoms with Gasteiger partial charge in [0.15, 0.2) is 0 Å². The molecule has 1 saturated heterocycles. The van der Waals surface area contributed by atoms with E-state index in [1.165, 1.54) is 7.05 Å². The first-order valence-corrected chi connectivity index (χ1v) is 9.46. The van der Waals surface area contributed by atoms with Crippen LogP contribution in [0.3, 0.4) is 0 Å². The lowest BCUT2D eigenvalue weighted by Crippen LogP contribution is -2.47. The van der Waals surface area contributed by atoms with Crippen LogP contribution in [0, 0.1) is 13.8 Å². The number of carbonyl (C=O) groups is 1. The number of hydrogen-bond acceptors (Lipinski definition) is 5. The average Bonchev–Trinajstić information content (AvgIpc) is 2.82. The second-order valence-corrected chi connectivity index (χ2v) is 8.68. The van der Waals surface area contributed by atoms with Crippen molar-refractivity contribution >= 4 is 21.6 Å². The van der Waals surface area contributed by atoms with Crippen molar-refractivity contribution in [2.24, 2.45) is 0 Å². The summed E-state index contributed by atoms with van der Waals surface area (Å²) in [6.07, 6.45) is 0. The number of sulfonamides is 1. The van der Waals surface area contributed by atoms with E-state index in [9.17, 15) is 13.2 Å². The molecule has 0 bridgehead atoms. The summed E-state index contributed by atoms with van der Waals surface area (Å²) >= 11 is 0. The maximum absolute atomic E-state index is 12.7. The molecule has 0 saturated carbocycles. The molecule has 1 aliphatic heterocycles. The molecular formula is C16H26N4O3S. The summed E-state index contributed by atoms with van der Waals surface area (Å²) < 4.78 is 26.5. The molecule has 2 rings (SSSR count). The zero-order chi connectivity index (χ0) is 18.1. The van der Waals surface area contributed by atoms with E-state index in [2.05, 4.69) is 16.2 Å². The molecule has 7 nitrogen and oxygen atoms in total. The molecule has 134 valence electrons. The molecule has 0 spiro atoms. The van der Waals surface area contributed by atoms with Gasteiger partial charge in [0.2, 0.25) is 15.9 Å². The van der Waals surface area contributed by atoms with Gasteiger partial charge in [0.05, 0.1) is 6.54 Å². The van der Waals surface area contributed by atoms with Crippen LogP contribution in [0.25, 0.3) is 0 Å². The first-order chi connectivity index (χ1) is 11.1. The SMILES string of the molecule is Cc1ccc(NC(=O)CN(C)S(=O)(=O)C2C(C)NNC2C)cc1C. The monoisotopic (exact) mass is 354 g/mol. The molecule has 1 aromatic rings. The Labute approximate surface area is 143 Å². The molecule has 1 fully saturated rings. The summed E-state index contributed by atoms with van der Waals surface area (Å²) in [5, 5.41) is 2.14. The summed E-state index contributed by atoms with van der Waals surface area (Å²) in [7, 11) is -2.15. The van der Waals surface area contributed by atoms with E-state index in [1.807, 2.05) is 45.9 Å². The lowest BCUT2D eigenvalue weighted by molar-refractivity contribution is -0.116. The smallest absolute Gasteiger partial charge is 0.239 e. The van der Waals surface area contributed by atoms with Crippen LogP contribution in [0.15, 0.2) is 18.2 Å². The van der Waals surface area contributed by atoms with Crippen molar-refractivity contribution in [2.75, 3.05) is 18.9 Å². The molecular weight excluding hydrogens is 328 g/mol. The van der Waals surface area contributed by atoms with Crippen LogP contribution in [0.4, 0.5) is 5.69 Å². The molecule has 3 N–H and O–H groups in total. The highest BCUT2D eigenvalue weighted by Gasteiger charge is 2.42. The molecule has 24 heavy (non-hydrogen) atoms. The van der Waals surface area contributed by atoms with Crippen LogP contribution in [-0.4, -0.2) is 49.6 Å². The summed E-state index contributed by atoms with van der Waals surface area (Å²) in [4.78, 5) is 12.2. The van der Waals surface area contributed by atoms with Crippen molar-refractivity contribution < 1.29 is 13.2 Å². The number of likely N-dealkylation sites (N-methyl/N-ethyl adjacent to an activating group) is 1. The number of nitrogens with zero attached hydrogens (tertiary/aromatic N) is 1. The molecule has 0 aromatic heterocycles. The van der Waals surface area contributed by atoms with E-state index in [0.29, 0.717) is 5.69 Å². The van der Waals surface area contributed by atoms with E-state index in [1.54, 1.807) is 0 Å². The number of nitrogens with one attached hydrogen (secondary N) is 3. The van der Waals surface area contributed by atoms with E-state index in [0.717, 1.165) is 15.4 Å². The van der Waals surface area contributed by atoms with Crippen molar-refractivity contribution in [1.29, 1.82) is 0 Å². The van der Waals surface area contributed by atoms with Crippen LogP contribution < -0.4 is 16.2 Å². The number of hydrazine groups is 1. The fourth-order valence-electron chi connectivity index (χ4n) is 2.90. The van der Waals surface area contributed by atoms with Crippen LogP contribution in [0.2, 0.25) is 0 Å². The third kappa shape index (κ3) is 3.94. The molecule has 1 amide bonds. The van der Waals surface area contributed by atoms with Crippen molar-refractivity contribution in [1.82, 2.24) is 15.2 Å². The third-order valence-electron chi connectivity index (χ3n) is 4.46. The molecule has 1 aliphatic rings. The van der Waals surface area contributed by atoms with Gasteiger partial charge in [-0.2, -0.15) is 4.31 Å². The normalized spacial score (nSPS) is 24.3. The van der Waals surface area contributed by atoms with Gasteiger partial charge in [0.1, 0.15) is 5.25 Å². The maximum Gasteiger partial charge on any atom is 0.239 e. The molecule has 1 aromatic carbocycles. The van der Waals surface area contributed by atoms with Crippen molar-refractivity contribution in [2.45, 2.75) is 45.0 Å². The van der Waals surface area contributed by atoms with Crippen molar-refractivity contribution in [3.8, 4) is 0 Å². The topological polar surface area (TPSA) is 90.5 Å². The number of hydrogen-bond donors (Lipinski definition) is 3. The second kappa shape index (κ2) is 7.18. The zero-order valence-corrected chi connectivity index (χ0v) is 15.6. The Bertz CT molecular complexity index is 710. The van der Waals surface area contributed by atoms with E-state index in [-0.39, 0.29) is 24.5 Å². The van der Waals surface area contributed by atoms with Gasteiger partial charge in [0.25, 0.3) is 0 Å². The predicted octanol–water partition coefficient (Wildman–Crippen LogP) is 0.757. The number of anilines is 1. The largest absolute Gasteiger partial charge is 0.325 e. The average molecular weight is 354 g/mol. The highest BCUT2D eigenvalue weighted by Crippen LogP contribution is 2.19. The third-order valence-corrected chi connectivity index (χ3v) is 6.96. The molecule has 2 atom stereocenters. The molecule has 2 unspecified atom stereocenters. The van der Waals surface area contributed by atoms with Gasteiger partial charge in [-0.1, -0.05) is 6.07 Å². The lowest BCUT2D eigenvalue weighted by atomic mass is 10.1. The highest BCUT2D eigenvalue weighted by atomic mass is 32.2. The Balaban J connectivity index is 2.04. The van der Waals surface area contributed by atoms with Gasteiger partial charge in [0, 0.05) is 24.8 Å². The Morgan fingerprint density at radius 3 is 2.29 bits per heavy atom. The second-order valence-electron chi connectivity index (χ2n) is 6.48. The molecule has 8 heteroatoms. The fraction of sp³-hybridized carbons (Fsp3) is 0.562. The number of benzene rings is 1. The van der Waals surface area contributed by atoms with Gasteiger partial charge in [-0.15, -0.1) is 0 Å². The first-order valence-electron chi connectivity index (χ1n) is 7.96. The van der Waals surface area contributed by atoms with E-state index in [4.69, 9.17) is 0 Å². The van der Waals surface area contributed by atoms with Gasteiger partial charge in [-0.25, -0.2) is 8.42 Å². The van der Waals surface area contributed by atoms with Crippen molar-refractivity contribution in [3.63, 3.8) is 0 Å². The predicted molar refractivity (Wildman–Crippen MR) is 95.1 cm³/mol. The van der Waals surface area contributed by atoms with Crippen LogP contribution in [0.1, 0.15) is 25.0 Å².